The van der Waals surface area contributed by atoms with Gasteiger partial charge in [-0.25, -0.2) is 4.98 Å². The van der Waals surface area contributed by atoms with Gasteiger partial charge in [0.15, 0.2) is 0 Å². The highest BCUT2D eigenvalue weighted by Crippen LogP contribution is 2.20. The van der Waals surface area contributed by atoms with Crippen LogP contribution < -0.4 is 5.32 Å². The number of rotatable bonds is 3. The Balaban J connectivity index is 2.08. The summed E-state index contributed by atoms with van der Waals surface area (Å²) in [6.07, 6.45) is 3.11. The first kappa shape index (κ1) is 10.9. The third-order valence-corrected chi connectivity index (χ3v) is 2.98. The summed E-state index contributed by atoms with van der Waals surface area (Å²) >= 11 is 1.02. The van der Waals surface area contributed by atoms with Gasteiger partial charge in [0.2, 0.25) is 5.91 Å². The van der Waals surface area contributed by atoms with Crippen molar-refractivity contribution >= 4 is 28.7 Å². The summed E-state index contributed by atoms with van der Waals surface area (Å²) in [6.45, 7) is 0.196. The molecule has 1 fully saturated rings. The van der Waals surface area contributed by atoms with Gasteiger partial charge in [0, 0.05) is 7.05 Å². The van der Waals surface area contributed by atoms with E-state index < -0.39 is 0 Å². The molecule has 1 aliphatic rings. The Bertz CT molecular complexity index is 404. The molecule has 1 aromatic heterocycles. The second kappa shape index (κ2) is 4.48. The molecule has 1 aromatic rings. The van der Waals surface area contributed by atoms with Gasteiger partial charge in [0.1, 0.15) is 5.82 Å². The molecular weight excluding hydrogens is 228 g/mol. The van der Waals surface area contributed by atoms with Crippen LogP contribution in [0.1, 0.15) is 5.69 Å². The summed E-state index contributed by atoms with van der Waals surface area (Å²) in [5.41, 5.74) is 0.600. The molecule has 2 heterocycles. The molecule has 1 aliphatic heterocycles. The van der Waals surface area contributed by atoms with E-state index in [0.717, 1.165) is 11.8 Å². The Hall–Kier alpha value is -1.63. The number of carbonyl (C=O) groups excluding carboxylic acids is 2. The lowest BCUT2D eigenvalue weighted by Gasteiger charge is -2.11. The van der Waals surface area contributed by atoms with E-state index in [-0.39, 0.29) is 23.4 Å². The molecule has 0 aromatic carbocycles. The average molecular weight is 238 g/mol. The zero-order valence-corrected chi connectivity index (χ0v) is 9.45. The van der Waals surface area contributed by atoms with Crippen LogP contribution in [0.2, 0.25) is 0 Å². The van der Waals surface area contributed by atoms with Crippen molar-refractivity contribution in [2.75, 3.05) is 18.1 Å². The Kier molecular flexibility index (Phi) is 3.04. The molecular formula is C9H10N4O2S. The van der Waals surface area contributed by atoms with Crippen molar-refractivity contribution in [3.63, 3.8) is 0 Å². The Morgan fingerprint density at radius 2 is 2.25 bits per heavy atom. The number of amides is 2. The molecule has 2 amide bonds. The summed E-state index contributed by atoms with van der Waals surface area (Å²) in [5, 5.41) is 2.62. The van der Waals surface area contributed by atoms with E-state index in [9.17, 15) is 9.59 Å². The molecule has 0 spiro atoms. The zero-order chi connectivity index (χ0) is 11.5. The number of imide groups is 1. The van der Waals surface area contributed by atoms with E-state index in [1.807, 2.05) is 0 Å². The van der Waals surface area contributed by atoms with E-state index >= 15 is 0 Å². The van der Waals surface area contributed by atoms with E-state index in [1.54, 1.807) is 19.4 Å². The zero-order valence-electron chi connectivity index (χ0n) is 8.64. The number of nitrogens with one attached hydrogen (secondary N) is 1. The number of hydrogen-bond donors (Lipinski definition) is 1. The second-order valence-electron chi connectivity index (χ2n) is 3.18. The van der Waals surface area contributed by atoms with Gasteiger partial charge in [-0.1, -0.05) is 11.8 Å². The summed E-state index contributed by atoms with van der Waals surface area (Å²) in [5.74, 6) is 0.701. The minimum Gasteiger partial charge on any atom is -0.372 e. The number of nitrogens with zero attached hydrogens (tertiary/aromatic N) is 3. The number of aromatic nitrogens is 2. The van der Waals surface area contributed by atoms with Gasteiger partial charge in [-0.05, 0) is 0 Å². The van der Waals surface area contributed by atoms with Crippen LogP contribution in [-0.4, -0.2) is 38.8 Å². The van der Waals surface area contributed by atoms with E-state index in [4.69, 9.17) is 0 Å². The largest absolute Gasteiger partial charge is 0.372 e. The standard InChI is InChI=1S/C9H10N4O2S/c1-10-7-3-11-6(2-12-7)4-13-8(14)5-16-9(13)15/h2-3H,4-5H2,1H3,(H,10,12). The third-order valence-electron chi connectivity index (χ3n) is 2.12. The normalized spacial score (nSPS) is 15.7. The van der Waals surface area contributed by atoms with Crippen molar-refractivity contribution in [2.24, 2.45) is 0 Å². The first-order valence-corrected chi connectivity index (χ1v) is 5.65. The van der Waals surface area contributed by atoms with Gasteiger partial charge in [-0.15, -0.1) is 0 Å². The number of carbonyl (C=O) groups is 2. The van der Waals surface area contributed by atoms with E-state index in [1.165, 1.54) is 4.90 Å². The number of hydrogen-bond acceptors (Lipinski definition) is 6. The van der Waals surface area contributed by atoms with Crippen molar-refractivity contribution in [3.05, 3.63) is 18.1 Å². The smallest absolute Gasteiger partial charge is 0.289 e. The summed E-state index contributed by atoms with van der Waals surface area (Å²) in [4.78, 5) is 32.0. The Morgan fingerprint density at radius 1 is 1.44 bits per heavy atom. The monoisotopic (exact) mass is 238 g/mol. The molecule has 0 radical (unpaired) electrons. The molecule has 0 bridgehead atoms. The molecule has 84 valence electrons. The Labute approximate surface area is 96.4 Å². The predicted octanol–water partition coefficient (Wildman–Crippen LogP) is 0.714. The highest BCUT2D eigenvalue weighted by atomic mass is 32.2. The third kappa shape index (κ3) is 2.13. The molecule has 7 heteroatoms. The molecule has 1 saturated heterocycles. The van der Waals surface area contributed by atoms with Crippen LogP contribution in [-0.2, 0) is 11.3 Å². The van der Waals surface area contributed by atoms with Crippen LogP contribution in [0.4, 0.5) is 10.6 Å². The summed E-state index contributed by atoms with van der Waals surface area (Å²) in [6, 6.07) is 0. The fraction of sp³-hybridized carbons (Fsp3) is 0.333. The summed E-state index contributed by atoms with van der Waals surface area (Å²) < 4.78 is 0. The fourth-order valence-corrected chi connectivity index (χ4v) is 1.99. The topological polar surface area (TPSA) is 75.2 Å². The lowest BCUT2D eigenvalue weighted by molar-refractivity contribution is -0.125. The first-order valence-electron chi connectivity index (χ1n) is 4.66. The van der Waals surface area contributed by atoms with E-state index in [0.29, 0.717) is 11.5 Å². The lowest BCUT2D eigenvalue weighted by Crippen LogP contribution is -2.28. The second-order valence-corrected chi connectivity index (χ2v) is 4.10. The maximum absolute atomic E-state index is 11.3. The molecule has 16 heavy (non-hydrogen) atoms. The predicted molar refractivity (Wildman–Crippen MR) is 60.0 cm³/mol. The lowest BCUT2D eigenvalue weighted by atomic mass is 10.4. The van der Waals surface area contributed by atoms with Crippen LogP contribution in [0, 0.1) is 0 Å². The minimum atomic E-state index is -0.218. The fourth-order valence-electron chi connectivity index (χ4n) is 1.26. The van der Waals surface area contributed by atoms with Gasteiger partial charge < -0.3 is 5.32 Å². The van der Waals surface area contributed by atoms with Gasteiger partial charge in [0.25, 0.3) is 5.24 Å². The van der Waals surface area contributed by atoms with E-state index in [2.05, 4.69) is 15.3 Å². The maximum Gasteiger partial charge on any atom is 0.289 e. The van der Waals surface area contributed by atoms with Crippen molar-refractivity contribution in [1.29, 1.82) is 0 Å². The van der Waals surface area contributed by atoms with Crippen LogP contribution in [0.5, 0.6) is 0 Å². The quantitative estimate of drug-likeness (QED) is 0.836. The van der Waals surface area contributed by atoms with Gasteiger partial charge in [0.05, 0.1) is 30.4 Å². The molecule has 2 rings (SSSR count). The first-order chi connectivity index (χ1) is 7.70. The molecule has 6 nitrogen and oxygen atoms in total. The molecule has 0 saturated carbocycles. The molecule has 0 unspecified atom stereocenters. The van der Waals surface area contributed by atoms with Crippen LogP contribution in [0.15, 0.2) is 12.4 Å². The average Bonchev–Trinajstić information content (AvgIpc) is 2.62. The van der Waals surface area contributed by atoms with Crippen LogP contribution in [0.3, 0.4) is 0 Å². The van der Waals surface area contributed by atoms with Crippen molar-refractivity contribution in [2.45, 2.75) is 6.54 Å². The van der Waals surface area contributed by atoms with Crippen LogP contribution in [0.25, 0.3) is 0 Å². The van der Waals surface area contributed by atoms with Gasteiger partial charge in [-0.2, -0.15) is 0 Å². The summed E-state index contributed by atoms with van der Waals surface area (Å²) in [7, 11) is 1.74. The van der Waals surface area contributed by atoms with Crippen LogP contribution >= 0.6 is 11.8 Å². The highest BCUT2D eigenvalue weighted by Gasteiger charge is 2.30. The van der Waals surface area contributed by atoms with Crippen molar-refractivity contribution in [3.8, 4) is 0 Å². The van der Waals surface area contributed by atoms with Crippen molar-refractivity contribution < 1.29 is 9.59 Å². The minimum absolute atomic E-state index is 0.172. The molecule has 0 aliphatic carbocycles. The number of thioether (sulfide) groups is 1. The Morgan fingerprint density at radius 3 is 2.75 bits per heavy atom. The molecule has 1 N–H and O–H groups in total. The SMILES string of the molecule is CNc1cnc(CN2C(=O)CSC2=O)cn1. The maximum atomic E-state index is 11.3. The van der Waals surface area contributed by atoms with Gasteiger partial charge in [-0.3, -0.25) is 19.5 Å². The molecule has 0 atom stereocenters. The number of anilines is 1. The highest BCUT2D eigenvalue weighted by molar-refractivity contribution is 8.14. The van der Waals surface area contributed by atoms with Gasteiger partial charge >= 0.3 is 0 Å². The van der Waals surface area contributed by atoms with Crippen molar-refractivity contribution in [1.82, 2.24) is 14.9 Å².